The second-order valence-electron chi connectivity index (χ2n) is 2.13. The first-order valence-electron chi connectivity index (χ1n) is 3.45. The summed E-state index contributed by atoms with van der Waals surface area (Å²) in [4.78, 5) is 4.28. The van der Waals surface area contributed by atoms with Crippen molar-refractivity contribution in [2.75, 3.05) is 13.1 Å². The first-order valence-corrected chi connectivity index (χ1v) is 3.45. The third-order valence-electron chi connectivity index (χ3n) is 1.25. The topological polar surface area (TPSA) is 36.4 Å². The summed E-state index contributed by atoms with van der Waals surface area (Å²) >= 11 is 0. The van der Waals surface area contributed by atoms with Gasteiger partial charge >= 0.3 is 0 Å². The van der Waals surface area contributed by atoms with Crippen LogP contribution in [0.25, 0.3) is 0 Å². The summed E-state index contributed by atoms with van der Waals surface area (Å²) in [5.41, 5.74) is 5.99. The highest BCUT2D eigenvalue weighted by Crippen LogP contribution is 1.88. The van der Waals surface area contributed by atoms with E-state index in [9.17, 15) is 0 Å². The Morgan fingerprint density at radius 3 is 3.11 bits per heavy atom. The Bertz CT molecular complexity index is 101. The van der Waals surface area contributed by atoms with Gasteiger partial charge < -0.3 is 5.43 Å². The molecule has 1 aliphatic heterocycles. The minimum atomic E-state index is 0.948. The van der Waals surface area contributed by atoms with Gasteiger partial charge in [0.05, 0.1) is 0 Å². The molecule has 0 aliphatic carbocycles. The van der Waals surface area contributed by atoms with E-state index < -0.39 is 0 Å². The molecule has 3 nitrogen and oxygen atoms in total. The Morgan fingerprint density at radius 1 is 1.67 bits per heavy atom. The fourth-order valence-corrected chi connectivity index (χ4v) is 0.773. The van der Waals surface area contributed by atoms with Crippen LogP contribution in [0, 0.1) is 0 Å². The molecule has 52 valence electrons. The van der Waals surface area contributed by atoms with Crippen LogP contribution in [0.15, 0.2) is 4.99 Å². The van der Waals surface area contributed by atoms with Crippen molar-refractivity contribution in [1.82, 2.24) is 10.9 Å². The zero-order valence-corrected chi connectivity index (χ0v) is 5.78. The molecular formula is C6H13N3. The number of nitrogens with zero attached hydrogens (tertiary/aromatic N) is 1. The third-order valence-corrected chi connectivity index (χ3v) is 1.25. The molecule has 0 bridgehead atoms. The maximum absolute atomic E-state index is 4.28. The minimum absolute atomic E-state index is 0.948. The van der Waals surface area contributed by atoms with E-state index in [-0.39, 0.29) is 0 Å². The molecule has 1 fully saturated rings. The van der Waals surface area contributed by atoms with Crippen molar-refractivity contribution in [2.45, 2.75) is 19.8 Å². The maximum atomic E-state index is 4.28. The molecule has 0 aromatic carbocycles. The van der Waals surface area contributed by atoms with E-state index in [2.05, 4.69) is 22.8 Å². The van der Waals surface area contributed by atoms with Gasteiger partial charge in [-0.15, -0.1) is 0 Å². The van der Waals surface area contributed by atoms with Crippen molar-refractivity contribution in [2.24, 2.45) is 4.99 Å². The number of amidine groups is 1. The smallest absolute Gasteiger partial charge is 0.112 e. The molecule has 0 aromatic heterocycles. The zero-order chi connectivity index (χ0) is 6.53. The van der Waals surface area contributed by atoms with Crippen molar-refractivity contribution >= 4 is 5.84 Å². The molecular weight excluding hydrogens is 114 g/mol. The monoisotopic (exact) mass is 127 g/mol. The van der Waals surface area contributed by atoms with E-state index in [0.29, 0.717) is 0 Å². The molecule has 9 heavy (non-hydrogen) atoms. The number of hydrogen-bond donors (Lipinski definition) is 2. The van der Waals surface area contributed by atoms with Crippen LogP contribution in [0.4, 0.5) is 0 Å². The highest BCUT2D eigenvalue weighted by molar-refractivity contribution is 5.83. The van der Waals surface area contributed by atoms with Crippen LogP contribution in [0.2, 0.25) is 0 Å². The minimum Gasteiger partial charge on any atom is -0.310 e. The van der Waals surface area contributed by atoms with Crippen LogP contribution in [0.5, 0.6) is 0 Å². The molecule has 1 aliphatic rings. The van der Waals surface area contributed by atoms with Gasteiger partial charge in [0.15, 0.2) is 0 Å². The number of hydrogen-bond acceptors (Lipinski definition) is 2. The molecule has 1 rings (SSSR count). The molecule has 0 saturated carbocycles. The molecule has 1 heterocycles. The van der Waals surface area contributed by atoms with Crippen LogP contribution >= 0.6 is 0 Å². The molecule has 1 saturated heterocycles. The van der Waals surface area contributed by atoms with Crippen LogP contribution in [0.1, 0.15) is 19.8 Å². The van der Waals surface area contributed by atoms with Crippen molar-refractivity contribution in [3.63, 3.8) is 0 Å². The Kier molecular flexibility index (Phi) is 2.51. The summed E-state index contributed by atoms with van der Waals surface area (Å²) in [6, 6.07) is 0. The summed E-state index contributed by atoms with van der Waals surface area (Å²) in [6.45, 7) is 4.10. The standard InChI is InChI=1S/C6H13N3/c1-2-4-7-6-3-5-8-9-6/h8H,2-5H2,1H3,(H,7,9). The Hall–Kier alpha value is -0.570. The lowest BCUT2D eigenvalue weighted by Crippen LogP contribution is -2.26. The lowest BCUT2D eigenvalue weighted by atomic mass is 10.4. The average Bonchev–Trinajstić information content (AvgIpc) is 2.34. The van der Waals surface area contributed by atoms with E-state index in [4.69, 9.17) is 0 Å². The summed E-state index contributed by atoms with van der Waals surface area (Å²) in [6.07, 6.45) is 2.19. The lowest BCUT2D eigenvalue weighted by molar-refractivity contribution is 0.741. The predicted molar refractivity (Wildman–Crippen MR) is 38.3 cm³/mol. The SMILES string of the molecule is CCCN=C1CCNN1. The van der Waals surface area contributed by atoms with Gasteiger partial charge in [0, 0.05) is 19.5 Å². The van der Waals surface area contributed by atoms with E-state index in [0.717, 1.165) is 31.8 Å². The summed E-state index contributed by atoms with van der Waals surface area (Å²) in [5, 5.41) is 0. The molecule has 0 radical (unpaired) electrons. The van der Waals surface area contributed by atoms with Crippen LogP contribution < -0.4 is 10.9 Å². The molecule has 0 amide bonds. The third kappa shape index (κ3) is 2.01. The van der Waals surface area contributed by atoms with Gasteiger partial charge in [-0.25, -0.2) is 5.43 Å². The fourth-order valence-electron chi connectivity index (χ4n) is 0.773. The molecule has 2 N–H and O–H groups in total. The van der Waals surface area contributed by atoms with Gasteiger partial charge in [0.2, 0.25) is 0 Å². The van der Waals surface area contributed by atoms with Gasteiger partial charge in [-0.05, 0) is 6.42 Å². The van der Waals surface area contributed by atoms with E-state index >= 15 is 0 Å². The zero-order valence-electron chi connectivity index (χ0n) is 5.78. The Balaban J connectivity index is 2.22. The van der Waals surface area contributed by atoms with Gasteiger partial charge in [0.1, 0.15) is 5.84 Å². The second kappa shape index (κ2) is 3.45. The number of hydrazine groups is 1. The van der Waals surface area contributed by atoms with Crippen molar-refractivity contribution in [3.8, 4) is 0 Å². The van der Waals surface area contributed by atoms with Gasteiger partial charge in [0.25, 0.3) is 0 Å². The van der Waals surface area contributed by atoms with Crippen molar-refractivity contribution in [1.29, 1.82) is 0 Å². The highest BCUT2D eigenvalue weighted by Gasteiger charge is 2.03. The van der Waals surface area contributed by atoms with Gasteiger partial charge in [-0.1, -0.05) is 6.92 Å². The Morgan fingerprint density at radius 2 is 2.56 bits per heavy atom. The number of aliphatic imine (C=N–C) groups is 1. The fraction of sp³-hybridized carbons (Fsp3) is 0.833. The second-order valence-corrected chi connectivity index (χ2v) is 2.13. The number of nitrogens with one attached hydrogen (secondary N) is 2. The van der Waals surface area contributed by atoms with E-state index in [1.807, 2.05) is 0 Å². The Labute approximate surface area is 55.5 Å². The summed E-state index contributed by atoms with van der Waals surface area (Å²) in [7, 11) is 0. The lowest BCUT2D eigenvalue weighted by Gasteiger charge is -1.94. The average molecular weight is 127 g/mol. The van der Waals surface area contributed by atoms with E-state index in [1.54, 1.807) is 0 Å². The van der Waals surface area contributed by atoms with Crippen molar-refractivity contribution in [3.05, 3.63) is 0 Å². The van der Waals surface area contributed by atoms with Crippen LogP contribution in [0.3, 0.4) is 0 Å². The number of rotatable bonds is 2. The van der Waals surface area contributed by atoms with Crippen molar-refractivity contribution < 1.29 is 0 Å². The molecule has 0 unspecified atom stereocenters. The predicted octanol–water partition coefficient (Wildman–Crippen LogP) is 0.293. The quantitative estimate of drug-likeness (QED) is 0.559. The van der Waals surface area contributed by atoms with E-state index in [1.165, 1.54) is 0 Å². The molecule has 0 atom stereocenters. The molecule has 0 aromatic rings. The largest absolute Gasteiger partial charge is 0.310 e. The first-order chi connectivity index (χ1) is 4.43. The van der Waals surface area contributed by atoms with Crippen LogP contribution in [-0.2, 0) is 0 Å². The van der Waals surface area contributed by atoms with Crippen LogP contribution in [-0.4, -0.2) is 18.9 Å². The van der Waals surface area contributed by atoms with Gasteiger partial charge in [-0.2, -0.15) is 0 Å². The first kappa shape index (κ1) is 6.55. The molecule has 3 heteroatoms. The highest BCUT2D eigenvalue weighted by atomic mass is 15.4. The maximum Gasteiger partial charge on any atom is 0.112 e. The van der Waals surface area contributed by atoms with Gasteiger partial charge in [-0.3, -0.25) is 4.99 Å². The normalized spacial score (nSPS) is 22.6. The molecule has 0 spiro atoms. The summed E-state index contributed by atoms with van der Waals surface area (Å²) in [5.74, 6) is 1.11. The summed E-state index contributed by atoms with van der Waals surface area (Å²) < 4.78 is 0.